The molecule has 2 N–H and O–H groups in total. The molecule has 0 aliphatic rings. The van der Waals surface area contributed by atoms with Crippen LogP contribution < -0.4 is 10.6 Å². The van der Waals surface area contributed by atoms with Crippen molar-refractivity contribution in [1.82, 2.24) is 10.6 Å². The molecule has 7 heteroatoms. The maximum absolute atomic E-state index is 13.2. The quantitative estimate of drug-likeness (QED) is 0.515. The van der Waals surface area contributed by atoms with Gasteiger partial charge in [-0.25, -0.2) is 9.18 Å². The second-order valence-corrected chi connectivity index (χ2v) is 6.88. The first-order valence-corrected chi connectivity index (χ1v) is 9.63. The fraction of sp³-hybridized carbons (Fsp3) is 0.261. The van der Waals surface area contributed by atoms with Crippen molar-refractivity contribution in [3.63, 3.8) is 0 Å². The Kier molecular flexibility index (Phi) is 8.29. The van der Waals surface area contributed by atoms with Crippen LogP contribution in [0.2, 0.25) is 0 Å². The van der Waals surface area contributed by atoms with Gasteiger partial charge in [0.1, 0.15) is 17.6 Å². The van der Waals surface area contributed by atoms with Gasteiger partial charge in [-0.05, 0) is 48.7 Å². The summed E-state index contributed by atoms with van der Waals surface area (Å²) >= 11 is 0. The Morgan fingerprint density at radius 2 is 1.67 bits per heavy atom. The van der Waals surface area contributed by atoms with Gasteiger partial charge in [0, 0.05) is 5.56 Å². The van der Waals surface area contributed by atoms with Crippen LogP contribution in [0.15, 0.2) is 60.3 Å². The summed E-state index contributed by atoms with van der Waals surface area (Å²) < 4.78 is 18.2. The molecule has 2 aromatic rings. The fourth-order valence-corrected chi connectivity index (χ4v) is 2.62. The van der Waals surface area contributed by atoms with Gasteiger partial charge in [-0.2, -0.15) is 0 Å². The Morgan fingerprint density at radius 1 is 1.03 bits per heavy atom. The van der Waals surface area contributed by atoms with Crippen molar-refractivity contribution in [3.8, 4) is 0 Å². The van der Waals surface area contributed by atoms with Crippen molar-refractivity contribution < 1.29 is 23.5 Å². The summed E-state index contributed by atoms with van der Waals surface area (Å²) in [6, 6.07) is 12.9. The topological polar surface area (TPSA) is 84.5 Å². The van der Waals surface area contributed by atoms with Crippen molar-refractivity contribution in [2.75, 3.05) is 6.61 Å². The standard InChI is InChI=1S/C23H25FN2O4/c1-4-30-23(29)20(15(2)3)26-22(28)19(14-16-10-12-18(24)13-11-16)25-21(27)17-8-6-5-7-9-17/h5-15,20H,4H2,1-3H3,(H,25,27)(H,26,28)/b19-14-. The molecule has 0 aliphatic heterocycles. The molecular formula is C23H25FN2O4. The van der Waals surface area contributed by atoms with Crippen LogP contribution in [0.3, 0.4) is 0 Å². The monoisotopic (exact) mass is 412 g/mol. The molecule has 0 aliphatic carbocycles. The van der Waals surface area contributed by atoms with Gasteiger partial charge in [-0.1, -0.05) is 44.2 Å². The zero-order chi connectivity index (χ0) is 22.1. The van der Waals surface area contributed by atoms with Gasteiger partial charge < -0.3 is 15.4 Å². The zero-order valence-electron chi connectivity index (χ0n) is 17.1. The predicted molar refractivity (Wildman–Crippen MR) is 112 cm³/mol. The molecule has 1 unspecified atom stereocenters. The van der Waals surface area contributed by atoms with Gasteiger partial charge in [-0.15, -0.1) is 0 Å². The van der Waals surface area contributed by atoms with E-state index in [1.807, 2.05) is 0 Å². The van der Waals surface area contributed by atoms with E-state index < -0.39 is 29.6 Å². The van der Waals surface area contributed by atoms with Crippen LogP contribution in [0, 0.1) is 11.7 Å². The number of ether oxygens (including phenoxy) is 1. The molecule has 30 heavy (non-hydrogen) atoms. The Bertz CT molecular complexity index is 909. The smallest absolute Gasteiger partial charge is 0.328 e. The van der Waals surface area contributed by atoms with Crippen molar-refractivity contribution >= 4 is 23.9 Å². The molecule has 0 saturated heterocycles. The first-order valence-electron chi connectivity index (χ1n) is 9.63. The average molecular weight is 412 g/mol. The van der Waals surface area contributed by atoms with E-state index in [0.717, 1.165) is 0 Å². The van der Waals surface area contributed by atoms with Crippen LogP contribution in [0.4, 0.5) is 4.39 Å². The highest BCUT2D eigenvalue weighted by atomic mass is 19.1. The van der Waals surface area contributed by atoms with E-state index in [4.69, 9.17) is 4.74 Å². The van der Waals surface area contributed by atoms with Gasteiger partial charge in [0.25, 0.3) is 11.8 Å². The SMILES string of the molecule is CCOC(=O)C(NC(=O)/C(=C/c1ccc(F)cc1)NC(=O)c1ccccc1)C(C)C. The molecule has 1 atom stereocenters. The lowest BCUT2D eigenvalue weighted by molar-refractivity contribution is -0.148. The van der Waals surface area contributed by atoms with Crippen LogP contribution >= 0.6 is 0 Å². The first-order chi connectivity index (χ1) is 14.3. The molecule has 0 spiro atoms. The molecule has 2 rings (SSSR count). The third-order valence-electron chi connectivity index (χ3n) is 4.20. The Hall–Kier alpha value is -3.48. The number of benzene rings is 2. The van der Waals surface area contributed by atoms with Crippen molar-refractivity contribution in [2.24, 2.45) is 5.92 Å². The van der Waals surface area contributed by atoms with Gasteiger partial charge in [-0.3, -0.25) is 9.59 Å². The van der Waals surface area contributed by atoms with E-state index in [1.165, 1.54) is 30.3 Å². The summed E-state index contributed by atoms with van der Waals surface area (Å²) in [4.78, 5) is 37.7. The number of carbonyl (C=O) groups is 3. The van der Waals surface area contributed by atoms with Gasteiger partial charge in [0.15, 0.2) is 0 Å². The molecule has 0 radical (unpaired) electrons. The Morgan fingerprint density at radius 3 is 2.23 bits per heavy atom. The van der Waals surface area contributed by atoms with Crippen LogP contribution in [0.5, 0.6) is 0 Å². The van der Waals surface area contributed by atoms with Crippen LogP contribution in [0.1, 0.15) is 36.7 Å². The molecule has 2 amide bonds. The molecule has 0 heterocycles. The lowest BCUT2D eigenvalue weighted by Gasteiger charge is -2.21. The maximum atomic E-state index is 13.2. The maximum Gasteiger partial charge on any atom is 0.328 e. The molecular weight excluding hydrogens is 387 g/mol. The summed E-state index contributed by atoms with van der Waals surface area (Å²) in [5, 5.41) is 5.19. The fourth-order valence-electron chi connectivity index (χ4n) is 2.62. The molecule has 2 aromatic carbocycles. The number of nitrogens with one attached hydrogen (secondary N) is 2. The Balaban J connectivity index is 2.31. The highest BCUT2D eigenvalue weighted by Crippen LogP contribution is 2.11. The van der Waals surface area contributed by atoms with Crippen molar-refractivity contribution in [1.29, 1.82) is 0 Å². The number of carbonyl (C=O) groups excluding carboxylic acids is 3. The van der Waals surface area contributed by atoms with Gasteiger partial charge in [0.05, 0.1) is 6.61 Å². The summed E-state index contributed by atoms with van der Waals surface area (Å²) in [7, 11) is 0. The zero-order valence-corrected chi connectivity index (χ0v) is 17.1. The number of halogens is 1. The van der Waals surface area contributed by atoms with E-state index in [0.29, 0.717) is 11.1 Å². The summed E-state index contributed by atoms with van der Waals surface area (Å²) in [5.74, 6) is -2.36. The van der Waals surface area contributed by atoms with Crippen molar-refractivity contribution in [3.05, 3.63) is 77.2 Å². The lowest BCUT2D eigenvalue weighted by Crippen LogP contribution is -2.47. The largest absolute Gasteiger partial charge is 0.464 e. The average Bonchev–Trinajstić information content (AvgIpc) is 2.73. The Labute approximate surface area is 175 Å². The second kappa shape index (κ2) is 10.9. The minimum Gasteiger partial charge on any atom is -0.464 e. The summed E-state index contributed by atoms with van der Waals surface area (Å²) in [6.45, 7) is 5.40. The normalized spacial score (nSPS) is 12.2. The van der Waals surface area contributed by atoms with E-state index in [1.54, 1.807) is 51.1 Å². The molecule has 158 valence electrons. The van der Waals surface area contributed by atoms with Crippen LogP contribution in [-0.2, 0) is 14.3 Å². The number of hydrogen-bond donors (Lipinski definition) is 2. The van der Waals surface area contributed by atoms with E-state index in [9.17, 15) is 18.8 Å². The van der Waals surface area contributed by atoms with E-state index >= 15 is 0 Å². The lowest BCUT2D eigenvalue weighted by atomic mass is 10.0. The van der Waals surface area contributed by atoms with Gasteiger partial charge in [0.2, 0.25) is 0 Å². The predicted octanol–water partition coefficient (Wildman–Crippen LogP) is 3.30. The minimum atomic E-state index is -0.886. The number of esters is 1. The molecule has 0 saturated carbocycles. The highest BCUT2D eigenvalue weighted by Gasteiger charge is 2.27. The number of amides is 2. The van der Waals surface area contributed by atoms with Gasteiger partial charge >= 0.3 is 5.97 Å². The minimum absolute atomic E-state index is 0.0783. The molecule has 0 fully saturated rings. The molecule has 6 nitrogen and oxygen atoms in total. The third kappa shape index (κ3) is 6.55. The van der Waals surface area contributed by atoms with Crippen LogP contribution in [0.25, 0.3) is 6.08 Å². The van der Waals surface area contributed by atoms with Crippen molar-refractivity contribution in [2.45, 2.75) is 26.8 Å². The summed E-state index contributed by atoms with van der Waals surface area (Å²) in [6.07, 6.45) is 1.41. The van der Waals surface area contributed by atoms with Crippen LogP contribution in [-0.4, -0.2) is 30.4 Å². The first kappa shape index (κ1) is 22.8. The second-order valence-electron chi connectivity index (χ2n) is 6.88. The molecule has 0 bridgehead atoms. The third-order valence-corrected chi connectivity index (χ3v) is 4.20. The highest BCUT2D eigenvalue weighted by molar-refractivity contribution is 6.06. The number of rotatable bonds is 8. The van der Waals surface area contributed by atoms with E-state index in [2.05, 4.69) is 10.6 Å². The summed E-state index contributed by atoms with van der Waals surface area (Å²) in [5.41, 5.74) is 0.790. The number of hydrogen-bond acceptors (Lipinski definition) is 4. The molecule has 0 aromatic heterocycles. The van der Waals surface area contributed by atoms with E-state index in [-0.39, 0.29) is 18.2 Å².